The second-order valence-corrected chi connectivity index (χ2v) is 8.65. The van der Waals surface area contributed by atoms with Gasteiger partial charge >= 0.3 is 0 Å². The Bertz CT molecular complexity index is 697. The summed E-state index contributed by atoms with van der Waals surface area (Å²) >= 11 is 0. The number of likely N-dealkylation sites (tertiary alicyclic amines) is 1. The van der Waals surface area contributed by atoms with E-state index in [9.17, 15) is 0 Å². The fourth-order valence-corrected chi connectivity index (χ4v) is 4.83. The summed E-state index contributed by atoms with van der Waals surface area (Å²) in [7, 11) is 0. The zero-order valence-electron chi connectivity index (χ0n) is 16.9. The van der Waals surface area contributed by atoms with Crippen molar-refractivity contribution in [2.45, 2.75) is 56.7 Å². The summed E-state index contributed by atoms with van der Waals surface area (Å²) in [6, 6.07) is 22.0. The Labute approximate surface area is 169 Å². The first-order valence-electron chi connectivity index (χ1n) is 11.0. The first-order chi connectivity index (χ1) is 13.8. The van der Waals surface area contributed by atoms with E-state index in [1.54, 1.807) is 0 Å². The molecule has 1 saturated heterocycles. The average Bonchev–Trinajstić information content (AvgIpc) is 2.76. The third-order valence-corrected chi connectivity index (χ3v) is 6.62. The lowest BCUT2D eigenvalue weighted by Crippen LogP contribution is -2.48. The topological polar surface area (TPSA) is 38.5 Å². The number of nitrogens with two attached hydrogens (primary N) is 1. The van der Waals surface area contributed by atoms with Crippen molar-refractivity contribution in [1.82, 2.24) is 4.90 Å². The van der Waals surface area contributed by atoms with E-state index in [1.807, 2.05) is 0 Å². The number of ether oxygens (including phenoxy) is 1. The quantitative estimate of drug-likeness (QED) is 0.800. The zero-order valence-corrected chi connectivity index (χ0v) is 16.9. The van der Waals surface area contributed by atoms with Crippen LogP contribution in [0.4, 0.5) is 0 Å². The molecule has 0 amide bonds. The van der Waals surface area contributed by atoms with Gasteiger partial charge in [-0.1, -0.05) is 60.7 Å². The van der Waals surface area contributed by atoms with Gasteiger partial charge in [-0.3, -0.25) is 4.90 Å². The summed E-state index contributed by atoms with van der Waals surface area (Å²) in [6.07, 6.45) is 6.32. The molecule has 2 atom stereocenters. The first-order valence-corrected chi connectivity index (χ1v) is 11.0. The summed E-state index contributed by atoms with van der Waals surface area (Å²) in [5.74, 6) is 1.16. The molecule has 28 heavy (non-hydrogen) atoms. The summed E-state index contributed by atoms with van der Waals surface area (Å²) < 4.78 is 6.37. The SMILES string of the molecule is N[C@H]1CCN(Cc2ccccc2)C[C@H]1CO[C@H]1CC[C@@H](c2ccccc2)CC1. The van der Waals surface area contributed by atoms with Crippen LogP contribution in [-0.4, -0.2) is 36.7 Å². The minimum absolute atomic E-state index is 0.271. The van der Waals surface area contributed by atoms with Gasteiger partial charge in [0.25, 0.3) is 0 Å². The summed E-state index contributed by atoms with van der Waals surface area (Å²) in [6.45, 7) is 3.98. The predicted octanol–water partition coefficient (Wildman–Crippen LogP) is 4.58. The smallest absolute Gasteiger partial charge is 0.0575 e. The molecule has 3 heteroatoms. The highest BCUT2D eigenvalue weighted by atomic mass is 16.5. The molecule has 1 aliphatic heterocycles. The van der Waals surface area contributed by atoms with Crippen molar-refractivity contribution in [1.29, 1.82) is 0 Å². The summed E-state index contributed by atoms with van der Waals surface area (Å²) in [5, 5.41) is 0. The molecule has 2 aromatic rings. The van der Waals surface area contributed by atoms with Crippen LogP contribution in [0, 0.1) is 5.92 Å². The summed E-state index contributed by atoms with van der Waals surface area (Å²) in [5.41, 5.74) is 9.32. The molecule has 4 rings (SSSR count). The number of hydrogen-bond acceptors (Lipinski definition) is 3. The van der Waals surface area contributed by atoms with Crippen LogP contribution in [0.15, 0.2) is 60.7 Å². The van der Waals surface area contributed by atoms with Crippen molar-refractivity contribution in [2.24, 2.45) is 11.7 Å². The van der Waals surface area contributed by atoms with Crippen molar-refractivity contribution >= 4 is 0 Å². The highest BCUT2D eigenvalue weighted by molar-refractivity contribution is 5.20. The van der Waals surface area contributed by atoms with Crippen LogP contribution in [0.3, 0.4) is 0 Å². The normalized spacial score (nSPS) is 28.9. The fourth-order valence-electron chi connectivity index (χ4n) is 4.83. The standard InChI is InChI=1S/C25H34N2O/c26-25-15-16-27(17-20-7-3-1-4-8-20)18-23(25)19-28-24-13-11-22(12-14-24)21-9-5-2-6-10-21/h1-10,22-25H,11-19,26H2/t22-,23-,24+,25-/m0/s1. The lowest BCUT2D eigenvalue weighted by molar-refractivity contribution is -0.0162. The highest BCUT2D eigenvalue weighted by Crippen LogP contribution is 2.34. The molecule has 0 unspecified atom stereocenters. The summed E-state index contributed by atoms with van der Waals surface area (Å²) in [4.78, 5) is 2.54. The lowest BCUT2D eigenvalue weighted by Gasteiger charge is -2.38. The minimum atomic E-state index is 0.271. The van der Waals surface area contributed by atoms with Crippen molar-refractivity contribution < 1.29 is 4.74 Å². The van der Waals surface area contributed by atoms with E-state index in [1.165, 1.54) is 36.8 Å². The van der Waals surface area contributed by atoms with Gasteiger partial charge in [0.15, 0.2) is 0 Å². The van der Waals surface area contributed by atoms with Gasteiger partial charge in [-0.15, -0.1) is 0 Å². The lowest BCUT2D eigenvalue weighted by atomic mass is 9.82. The molecule has 0 spiro atoms. The van der Waals surface area contributed by atoms with Gasteiger partial charge in [0, 0.05) is 25.0 Å². The van der Waals surface area contributed by atoms with Gasteiger partial charge in [-0.05, 0) is 55.7 Å². The van der Waals surface area contributed by atoms with Gasteiger partial charge < -0.3 is 10.5 Å². The molecule has 2 fully saturated rings. The Morgan fingerprint density at radius 3 is 2.25 bits per heavy atom. The maximum atomic E-state index is 6.44. The van der Waals surface area contributed by atoms with Gasteiger partial charge in [0.05, 0.1) is 12.7 Å². The van der Waals surface area contributed by atoms with E-state index < -0.39 is 0 Å². The second kappa shape index (κ2) is 9.69. The molecule has 2 N–H and O–H groups in total. The average molecular weight is 379 g/mol. The van der Waals surface area contributed by atoms with Gasteiger partial charge in [-0.2, -0.15) is 0 Å². The molecule has 3 nitrogen and oxygen atoms in total. The largest absolute Gasteiger partial charge is 0.378 e. The van der Waals surface area contributed by atoms with E-state index in [-0.39, 0.29) is 6.04 Å². The fraction of sp³-hybridized carbons (Fsp3) is 0.520. The van der Waals surface area contributed by atoms with Crippen molar-refractivity contribution in [3.8, 4) is 0 Å². The third-order valence-electron chi connectivity index (χ3n) is 6.62. The van der Waals surface area contributed by atoms with Crippen LogP contribution in [0.5, 0.6) is 0 Å². The molecule has 1 heterocycles. The van der Waals surface area contributed by atoms with Crippen LogP contribution in [0.1, 0.15) is 49.1 Å². The van der Waals surface area contributed by atoms with Crippen LogP contribution in [0.2, 0.25) is 0 Å². The molecule has 0 bridgehead atoms. The molecule has 0 aromatic heterocycles. The van der Waals surface area contributed by atoms with Gasteiger partial charge in [0.1, 0.15) is 0 Å². The Morgan fingerprint density at radius 1 is 0.857 bits per heavy atom. The van der Waals surface area contributed by atoms with Gasteiger partial charge in [0.2, 0.25) is 0 Å². The van der Waals surface area contributed by atoms with Crippen LogP contribution >= 0.6 is 0 Å². The molecular formula is C25H34N2O. The van der Waals surface area contributed by atoms with E-state index in [4.69, 9.17) is 10.5 Å². The van der Waals surface area contributed by atoms with E-state index in [0.717, 1.165) is 32.7 Å². The second-order valence-electron chi connectivity index (χ2n) is 8.65. The zero-order chi connectivity index (χ0) is 19.2. The number of hydrogen-bond donors (Lipinski definition) is 1. The molecule has 150 valence electrons. The Kier molecular flexibility index (Phi) is 6.79. The predicted molar refractivity (Wildman–Crippen MR) is 115 cm³/mol. The van der Waals surface area contributed by atoms with E-state index in [0.29, 0.717) is 17.9 Å². The molecule has 2 aromatic carbocycles. The van der Waals surface area contributed by atoms with Gasteiger partial charge in [-0.25, -0.2) is 0 Å². The molecule has 1 aliphatic carbocycles. The maximum Gasteiger partial charge on any atom is 0.0575 e. The molecule has 1 saturated carbocycles. The Hall–Kier alpha value is -1.68. The monoisotopic (exact) mass is 378 g/mol. The molecule has 2 aliphatic rings. The molecular weight excluding hydrogens is 344 g/mol. The van der Waals surface area contributed by atoms with E-state index in [2.05, 4.69) is 65.6 Å². The Morgan fingerprint density at radius 2 is 1.54 bits per heavy atom. The number of nitrogens with zero attached hydrogens (tertiary/aromatic N) is 1. The molecule has 0 radical (unpaired) electrons. The van der Waals surface area contributed by atoms with Crippen molar-refractivity contribution in [3.05, 3.63) is 71.8 Å². The van der Waals surface area contributed by atoms with Crippen LogP contribution < -0.4 is 5.73 Å². The van der Waals surface area contributed by atoms with Crippen LogP contribution in [-0.2, 0) is 11.3 Å². The number of benzene rings is 2. The number of rotatable bonds is 6. The first kappa shape index (κ1) is 19.6. The van der Waals surface area contributed by atoms with Crippen molar-refractivity contribution in [2.75, 3.05) is 19.7 Å². The van der Waals surface area contributed by atoms with Crippen LogP contribution in [0.25, 0.3) is 0 Å². The third kappa shape index (κ3) is 5.22. The highest BCUT2D eigenvalue weighted by Gasteiger charge is 2.29. The van der Waals surface area contributed by atoms with Crippen molar-refractivity contribution in [3.63, 3.8) is 0 Å². The minimum Gasteiger partial charge on any atom is -0.378 e. The number of piperidine rings is 1. The maximum absolute atomic E-state index is 6.44. The van der Waals surface area contributed by atoms with E-state index >= 15 is 0 Å². The Balaban J connectivity index is 1.23.